The van der Waals surface area contributed by atoms with Gasteiger partial charge in [0.15, 0.2) is 0 Å². The summed E-state index contributed by atoms with van der Waals surface area (Å²) in [4.78, 5) is 0. The first kappa shape index (κ1) is 12.0. The van der Waals surface area contributed by atoms with Crippen LogP contribution in [0.25, 0.3) is 32.3 Å². The Labute approximate surface area is 129 Å². The molecular formula is C22H16. The average Bonchev–Trinajstić information content (AvgIpc) is 3.07. The zero-order valence-corrected chi connectivity index (χ0v) is 12.3. The van der Waals surface area contributed by atoms with Crippen LogP contribution in [0.15, 0.2) is 78.9 Å². The minimum absolute atomic E-state index is 0.540. The number of hydrogen-bond donors (Lipinski definition) is 0. The smallest absolute Gasteiger partial charge is 0.000661 e. The predicted octanol–water partition coefficient (Wildman–Crippen LogP) is 5.87. The largest absolute Gasteiger partial charge is 0.0773 e. The van der Waals surface area contributed by atoms with E-state index in [4.69, 9.17) is 0 Å². The highest BCUT2D eigenvalue weighted by Gasteiger charge is 2.12. The molecule has 0 N–H and O–H groups in total. The Hall–Kier alpha value is -2.60. The van der Waals surface area contributed by atoms with Crippen molar-refractivity contribution in [1.82, 2.24) is 0 Å². The molecule has 0 aliphatic heterocycles. The maximum absolute atomic E-state index is 2.31. The number of hydrogen-bond acceptors (Lipinski definition) is 0. The summed E-state index contributed by atoms with van der Waals surface area (Å²) in [7, 11) is 0. The first-order valence-corrected chi connectivity index (χ1v) is 7.90. The van der Waals surface area contributed by atoms with Gasteiger partial charge in [0.1, 0.15) is 0 Å². The third kappa shape index (κ3) is 1.64. The molecule has 0 nitrogen and oxygen atoms in total. The molecule has 0 amide bonds. The Morgan fingerprint density at radius 1 is 0.636 bits per heavy atom. The second-order valence-corrected chi connectivity index (χ2v) is 6.22. The molecule has 1 aliphatic rings. The van der Waals surface area contributed by atoms with Crippen LogP contribution in [0.5, 0.6) is 0 Å². The predicted molar refractivity (Wildman–Crippen MR) is 95.6 cm³/mol. The molecule has 0 fully saturated rings. The van der Waals surface area contributed by atoms with Crippen LogP contribution in [0.3, 0.4) is 0 Å². The van der Waals surface area contributed by atoms with E-state index in [1.165, 1.54) is 37.9 Å². The monoisotopic (exact) mass is 280 g/mol. The van der Waals surface area contributed by atoms with Crippen molar-refractivity contribution in [3.63, 3.8) is 0 Å². The lowest BCUT2D eigenvalue weighted by molar-refractivity contribution is 0.822. The van der Waals surface area contributed by atoms with Crippen LogP contribution in [0.4, 0.5) is 0 Å². The van der Waals surface area contributed by atoms with Gasteiger partial charge in [-0.3, -0.25) is 0 Å². The van der Waals surface area contributed by atoms with E-state index in [1.54, 1.807) is 0 Å². The molecule has 0 heterocycles. The Balaban J connectivity index is 1.85. The summed E-state index contributed by atoms with van der Waals surface area (Å²) >= 11 is 0. The minimum Gasteiger partial charge on any atom is -0.0773 e. The van der Waals surface area contributed by atoms with E-state index in [0.29, 0.717) is 5.92 Å². The van der Waals surface area contributed by atoms with Crippen molar-refractivity contribution in [3.05, 3.63) is 84.5 Å². The molecular weight excluding hydrogens is 264 g/mol. The quantitative estimate of drug-likeness (QED) is 0.403. The van der Waals surface area contributed by atoms with E-state index in [2.05, 4.69) is 78.9 Å². The van der Waals surface area contributed by atoms with Gasteiger partial charge in [-0.1, -0.05) is 78.9 Å². The van der Waals surface area contributed by atoms with Crippen molar-refractivity contribution in [2.45, 2.75) is 6.42 Å². The van der Waals surface area contributed by atoms with E-state index < -0.39 is 0 Å². The van der Waals surface area contributed by atoms with Crippen molar-refractivity contribution >= 4 is 32.3 Å². The third-order valence-electron chi connectivity index (χ3n) is 4.90. The van der Waals surface area contributed by atoms with Gasteiger partial charge >= 0.3 is 0 Å². The fourth-order valence-electron chi connectivity index (χ4n) is 3.84. The van der Waals surface area contributed by atoms with Gasteiger partial charge in [-0.05, 0) is 50.2 Å². The summed E-state index contributed by atoms with van der Waals surface area (Å²) in [5, 5.41) is 8.29. The first-order chi connectivity index (χ1) is 10.9. The van der Waals surface area contributed by atoms with Gasteiger partial charge in [0.25, 0.3) is 0 Å². The molecule has 0 heteroatoms. The summed E-state index contributed by atoms with van der Waals surface area (Å²) < 4.78 is 0. The zero-order chi connectivity index (χ0) is 14.5. The van der Waals surface area contributed by atoms with E-state index in [9.17, 15) is 0 Å². The molecule has 1 aliphatic carbocycles. The van der Waals surface area contributed by atoms with Gasteiger partial charge in [0.05, 0.1) is 0 Å². The van der Waals surface area contributed by atoms with Crippen LogP contribution in [-0.2, 0) is 6.42 Å². The van der Waals surface area contributed by atoms with Crippen molar-refractivity contribution < 1.29 is 0 Å². The topological polar surface area (TPSA) is 0 Å². The van der Waals surface area contributed by atoms with E-state index in [0.717, 1.165) is 6.42 Å². The van der Waals surface area contributed by atoms with Crippen LogP contribution in [0.2, 0.25) is 0 Å². The fourth-order valence-corrected chi connectivity index (χ4v) is 3.84. The highest BCUT2D eigenvalue weighted by Crippen LogP contribution is 2.36. The minimum atomic E-state index is 0.540. The number of allylic oxidation sites excluding steroid dienone is 4. The molecule has 104 valence electrons. The van der Waals surface area contributed by atoms with Gasteiger partial charge in [-0.25, -0.2) is 0 Å². The molecule has 4 aromatic carbocycles. The van der Waals surface area contributed by atoms with Crippen LogP contribution >= 0.6 is 0 Å². The highest BCUT2D eigenvalue weighted by molar-refractivity contribution is 6.23. The van der Waals surface area contributed by atoms with Gasteiger partial charge in [-0.2, -0.15) is 0 Å². The normalized spacial score (nSPS) is 14.9. The maximum atomic E-state index is 2.31. The van der Waals surface area contributed by atoms with Crippen molar-refractivity contribution in [2.75, 3.05) is 0 Å². The lowest BCUT2D eigenvalue weighted by atomic mass is 9.89. The van der Waals surface area contributed by atoms with Gasteiger partial charge in [0.2, 0.25) is 0 Å². The standard InChI is InChI=1S/C22H16/c1-2-5-15(4-1)14-19-11-10-18-9-8-16-6-3-7-17-12-13-20(19)22(18)21(16)17/h1-13,15H,14H2. The van der Waals surface area contributed by atoms with Crippen LogP contribution in [0.1, 0.15) is 5.56 Å². The van der Waals surface area contributed by atoms with Crippen molar-refractivity contribution in [1.29, 1.82) is 0 Å². The third-order valence-corrected chi connectivity index (χ3v) is 4.90. The Morgan fingerprint density at radius 3 is 2.05 bits per heavy atom. The molecule has 0 atom stereocenters. The SMILES string of the molecule is C1=CC(Cc2ccc3ccc4cccc5ccc2c3c45)C=C1. The molecule has 0 saturated heterocycles. The fraction of sp³-hybridized carbons (Fsp3) is 0.0909. The molecule has 0 saturated carbocycles. The van der Waals surface area contributed by atoms with Crippen molar-refractivity contribution in [2.24, 2.45) is 5.92 Å². The molecule has 0 aromatic heterocycles. The second-order valence-electron chi connectivity index (χ2n) is 6.22. The Morgan fingerprint density at radius 2 is 1.27 bits per heavy atom. The van der Waals surface area contributed by atoms with E-state index >= 15 is 0 Å². The summed E-state index contributed by atoms with van der Waals surface area (Å²) in [6, 6.07) is 20.3. The molecule has 0 unspecified atom stereocenters. The summed E-state index contributed by atoms with van der Waals surface area (Å²) in [6.07, 6.45) is 9.97. The number of benzene rings is 4. The Kier molecular flexibility index (Phi) is 2.42. The molecule has 4 aromatic rings. The number of rotatable bonds is 2. The van der Waals surface area contributed by atoms with Gasteiger partial charge in [0, 0.05) is 0 Å². The molecule has 5 rings (SSSR count). The van der Waals surface area contributed by atoms with Crippen LogP contribution < -0.4 is 0 Å². The van der Waals surface area contributed by atoms with Crippen LogP contribution in [-0.4, -0.2) is 0 Å². The lowest BCUT2D eigenvalue weighted by Gasteiger charge is -2.15. The lowest BCUT2D eigenvalue weighted by Crippen LogP contribution is -1.97. The molecule has 0 radical (unpaired) electrons. The molecule has 22 heavy (non-hydrogen) atoms. The molecule has 0 bridgehead atoms. The zero-order valence-electron chi connectivity index (χ0n) is 12.3. The molecule has 0 spiro atoms. The van der Waals surface area contributed by atoms with Crippen LogP contribution in [0, 0.1) is 5.92 Å². The summed E-state index contributed by atoms with van der Waals surface area (Å²) in [6.45, 7) is 0. The Bertz CT molecular complexity index is 1020. The van der Waals surface area contributed by atoms with Gasteiger partial charge < -0.3 is 0 Å². The average molecular weight is 280 g/mol. The first-order valence-electron chi connectivity index (χ1n) is 7.90. The van der Waals surface area contributed by atoms with E-state index in [1.807, 2.05) is 0 Å². The van der Waals surface area contributed by atoms with Gasteiger partial charge in [-0.15, -0.1) is 0 Å². The van der Waals surface area contributed by atoms with E-state index in [-0.39, 0.29) is 0 Å². The van der Waals surface area contributed by atoms with Crippen molar-refractivity contribution in [3.8, 4) is 0 Å². The summed E-state index contributed by atoms with van der Waals surface area (Å²) in [5.41, 5.74) is 1.45. The summed E-state index contributed by atoms with van der Waals surface area (Å²) in [5.74, 6) is 0.540. The second kappa shape index (κ2) is 4.45. The highest BCUT2D eigenvalue weighted by atomic mass is 14.2. The maximum Gasteiger partial charge on any atom is -0.000661 e.